The molecule has 0 saturated carbocycles. The third-order valence-electron chi connectivity index (χ3n) is 2.66. The Balaban J connectivity index is 2.58. The van der Waals surface area contributed by atoms with Gasteiger partial charge in [-0.2, -0.15) is 0 Å². The highest BCUT2D eigenvalue weighted by Gasteiger charge is 2.32. The van der Waals surface area contributed by atoms with Crippen molar-refractivity contribution >= 4 is 11.9 Å². The molecule has 1 heterocycles. The van der Waals surface area contributed by atoms with E-state index in [9.17, 15) is 9.59 Å². The summed E-state index contributed by atoms with van der Waals surface area (Å²) in [5.41, 5.74) is 0. The second-order valence-electron chi connectivity index (χ2n) is 4.42. The third-order valence-corrected chi connectivity index (χ3v) is 2.66. The Hall–Kier alpha value is -1.14. The molecule has 1 unspecified atom stereocenters. The van der Waals surface area contributed by atoms with Crippen LogP contribution in [0.1, 0.15) is 20.8 Å². The van der Waals surface area contributed by atoms with Crippen molar-refractivity contribution in [2.75, 3.05) is 32.8 Å². The van der Waals surface area contributed by atoms with E-state index < -0.39 is 6.04 Å². The third kappa shape index (κ3) is 4.27. The number of amides is 1. The number of carbonyl (C=O) groups excluding carboxylic acids is 2. The van der Waals surface area contributed by atoms with E-state index in [1.807, 2.05) is 13.8 Å². The van der Waals surface area contributed by atoms with Crippen LogP contribution in [-0.2, 0) is 19.1 Å². The summed E-state index contributed by atoms with van der Waals surface area (Å²) in [5, 5.41) is 3.09. The van der Waals surface area contributed by atoms with Gasteiger partial charge in [-0.1, -0.05) is 0 Å². The van der Waals surface area contributed by atoms with Gasteiger partial charge in [0.25, 0.3) is 0 Å². The minimum Gasteiger partial charge on any atom is -0.464 e. The predicted octanol–water partition coefficient (Wildman–Crippen LogP) is -0.225. The molecule has 0 aromatic heterocycles. The Morgan fingerprint density at radius 2 is 2.17 bits per heavy atom. The van der Waals surface area contributed by atoms with Crippen molar-refractivity contribution in [1.29, 1.82) is 0 Å². The van der Waals surface area contributed by atoms with Crippen LogP contribution in [-0.4, -0.2) is 61.8 Å². The summed E-state index contributed by atoms with van der Waals surface area (Å²) in [6.07, 6.45) is -0.00194. The maximum absolute atomic E-state index is 12.0. The van der Waals surface area contributed by atoms with Crippen LogP contribution in [0.3, 0.4) is 0 Å². The summed E-state index contributed by atoms with van der Waals surface area (Å²) < 4.78 is 10.3. The molecule has 0 aliphatic carbocycles. The van der Waals surface area contributed by atoms with Crippen LogP contribution in [0.2, 0.25) is 0 Å². The molecule has 18 heavy (non-hydrogen) atoms. The standard InChI is InChI=1S/C12H22N2O4/c1-4-17-12(16)10-7-13-5-6-14(10)11(15)8-18-9(2)3/h9-10,13H,4-8H2,1-3H3. The van der Waals surface area contributed by atoms with Crippen LogP contribution < -0.4 is 5.32 Å². The van der Waals surface area contributed by atoms with Gasteiger partial charge in [-0.05, 0) is 20.8 Å². The largest absolute Gasteiger partial charge is 0.464 e. The highest BCUT2D eigenvalue weighted by atomic mass is 16.5. The minimum absolute atomic E-state index is 0.00194. The normalized spacial score (nSPS) is 20.0. The zero-order valence-corrected chi connectivity index (χ0v) is 11.3. The van der Waals surface area contributed by atoms with E-state index in [1.165, 1.54) is 4.90 Å². The molecule has 104 valence electrons. The van der Waals surface area contributed by atoms with Gasteiger partial charge in [0, 0.05) is 19.6 Å². The molecule has 1 rings (SSSR count). The average Bonchev–Trinajstić information content (AvgIpc) is 2.36. The number of nitrogens with one attached hydrogen (secondary N) is 1. The lowest BCUT2D eigenvalue weighted by atomic mass is 10.2. The van der Waals surface area contributed by atoms with Gasteiger partial charge in [0.2, 0.25) is 5.91 Å². The van der Waals surface area contributed by atoms with E-state index in [0.29, 0.717) is 26.2 Å². The van der Waals surface area contributed by atoms with Crippen LogP contribution in [0.5, 0.6) is 0 Å². The van der Waals surface area contributed by atoms with E-state index >= 15 is 0 Å². The fourth-order valence-electron chi connectivity index (χ4n) is 1.77. The number of ether oxygens (including phenoxy) is 2. The average molecular weight is 258 g/mol. The van der Waals surface area contributed by atoms with Crippen molar-refractivity contribution in [2.45, 2.75) is 32.9 Å². The van der Waals surface area contributed by atoms with Gasteiger partial charge in [0.1, 0.15) is 12.6 Å². The summed E-state index contributed by atoms with van der Waals surface area (Å²) in [6.45, 7) is 7.44. The molecule has 6 heteroatoms. The fourth-order valence-corrected chi connectivity index (χ4v) is 1.77. The minimum atomic E-state index is -0.540. The predicted molar refractivity (Wildman–Crippen MR) is 66.1 cm³/mol. The number of hydrogen-bond donors (Lipinski definition) is 1. The molecule has 0 aromatic carbocycles. The van der Waals surface area contributed by atoms with Gasteiger partial charge in [-0.3, -0.25) is 4.79 Å². The van der Waals surface area contributed by atoms with Crippen molar-refractivity contribution < 1.29 is 19.1 Å². The van der Waals surface area contributed by atoms with Gasteiger partial charge in [-0.15, -0.1) is 0 Å². The van der Waals surface area contributed by atoms with Crippen LogP contribution in [0.4, 0.5) is 0 Å². The topological polar surface area (TPSA) is 67.9 Å². The van der Waals surface area contributed by atoms with E-state index in [4.69, 9.17) is 9.47 Å². The first-order valence-electron chi connectivity index (χ1n) is 6.34. The Labute approximate surface area is 108 Å². The van der Waals surface area contributed by atoms with Crippen LogP contribution >= 0.6 is 0 Å². The molecule has 1 N–H and O–H groups in total. The summed E-state index contributed by atoms with van der Waals surface area (Å²) in [4.78, 5) is 25.3. The van der Waals surface area contributed by atoms with Crippen molar-refractivity contribution in [2.24, 2.45) is 0 Å². The quantitative estimate of drug-likeness (QED) is 0.690. The van der Waals surface area contributed by atoms with E-state index in [1.54, 1.807) is 6.92 Å². The molecule has 0 bridgehead atoms. The molecule has 1 aliphatic rings. The van der Waals surface area contributed by atoms with Crippen molar-refractivity contribution in [3.63, 3.8) is 0 Å². The number of piperazine rings is 1. The van der Waals surface area contributed by atoms with Crippen molar-refractivity contribution in [1.82, 2.24) is 10.2 Å². The first-order chi connectivity index (χ1) is 8.56. The summed E-state index contributed by atoms with van der Waals surface area (Å²) in [6, 6.07) is -0.540. The number of carbonyl (C=O) groups is 2. The highest BCUT2D eigenvalue weighted by molar-refractivity contribution is 5.85. The molecule has 6 nitrogen and oxygen atoms in total. The van der Waals surface area contributed by atoms with Crippen molar-refractivity contribution in [3.05, 3.63) is 0 Å². The van der Waals surface area contributed by atoms with Crippen LogP contribution in [0, 0.1) is 0 Å². The molecular formula is C12H22N2O4. The van der Waals surface area contributed by atoms with Gasteiger partial charge in [0.15, 0.2) is 0 Å². The maximum Gasteiger partial charge on any atom is 0.330 e. The van der Waals surface area contributed by atoms with E-state index in [-0.39, 0.29) is 24.6 Å². The molecule has 1 atom stereocenters. The molecule has 0 spiro atoms. The molecular weight excluding hydrogens is 236 g/mol. The maximum atomic E-state index is 12.0. The highest BCUT2D eigenvalue weighted by Crippen LogP contribution is 2.07. The summed E-state index contributed by atoms with van der Waals surface area (Å²) in [7, 11) is 0. The van der Waals surface area contributed by atoms with Gasteiger partial charge in [-0.25, -0.2) is 4.79 Å². The second kappa shape index (κ2) is 7.33. The van der Waals surface area contributed by atoms with Gasteiger partial charge < -0.3 is 19.7 Å². The summed E-state index contributed by atoms with van der Waals surface area (Å²) in [5.74, 6) is -0.522. The SMILES string of the molecule is CCOC(=O)C1CNCCN1C(=O)COC(C)C. The van der Waals surface area contributed by atoms with E-state index in [2.05, 4.69) is 5.32 Å². The summed E-state index contributed by atoms with van der Waals surface area (Å²) >= 11 is 0. The molecule has 1 saturated heterocycles. The Morgan fingerprint density at radius 3 is 2.78 bits per heavy atom. The molecule has 1 fully saturated rings. The first kappa shape index (κ1) is 14.9. The van der Waals surface area contributed by atoms with Crippen LogP contribution in [0.25, 0.3) is 0 Å². The van der Waals surface area contributed by atoms with Gasteiger partial charge in [0.05, 0.1) is 12.7 Å². The lowest BCUT2D eigenvalue weighted by molar-refractivity contribution is -0.157. The number of hydrogen-bond acceptors (Lipinski definition) is 5. The number of nitrogens with zero attached hydrogens (tertiary/aromatic N) is 1. The smallest absolute Gasteiger partial charge is 0.330 e. The molecule has 0 aromatic rings. The lowest BCUT2D eigenvalue weighted by Gasteiger charge is -2.34. The lowest BCUT2D eigenvalue weighted by Crippen LogP contribution is -2.58. The van der Waals surface area contributed by atoms with Gasteiger partial charge >= 0.3 is 5.97 Å². The second-order valence-corrected chi connectivity index (χ2v) is 4.42. The Kier molecular flexibility index (Phi) is 6.07. The monoisotopic (exact) mass is 258 g/mol. The number of esters is 1. The molecule has 0 radical (unpaired) electrons. The zero-order valence-electron chi connectivity index (χ0n) is 11.3. The van der Waals surface area contributed by atoms with Crippen molar-refractivity contribution in [3.8, 4) is 0 Å². The molecule has 1 aliphatic heterocycles. The fraction of sp³-hybridized carbons (Fsp3) is 0.833. The Bertz CT molecular complexity index is 294. The number of rotatable bonds is 5. The van der Waals surface area contributed by atoms with E-state index in [0.717, 1.165) is 0 Å². The molecule has 1 amide bonds. The first-order valence-corrected chi connectivity index (χ1v) is 6.34. The Morgan fingerprint density at radius 1 is 1.44 bits per heavy atom. The zero-order chi connectivity index (χ0) is 13.5. The van der Waals surface area contributed by atoms with Crippen LogP contribution in [0.15, 0.2) is 0 Å².